The average Bonchev–Trinajstić information content (AvgIpc) is 2.08. The van der Waals surface area contributed by atoms with Gasteiger partial charge in [0.2, 0.25) is 0 Å². The van der Waals surface area contributed by atoms with Crippen LogP contribution in [0.4, 0.5) is 0 Å². The molecule has 1 nitrogen and oxygen atoms in total. The molecule has 0 bridgehead atoms. The highest BCUT2D eigenvalue weighted by Crippen LogP contribution is 2.30. The third-order valence-electron chi connectivity index (χ3n) is 2.20. The Kier molecular flexibility index (Phi) is 1.62. The maximum Gasteiger partial charge on any atom is 0.0830 e. The average molecular weight is 126 g/mol. The van der Waals surface area contributed by atoms with E-state index in [-0.39, 0.29) is 0 Å². The van der Waals surface area contributed by atoms with E-state index < -0.39 is 5.60 Å². The SMILES string of the molecule is CCC1CC=C[C@]1(C)O. The van der Waals surface area contributed by atoms with E-state index in [1.807, 2.05) is 13.0 Å². The van der Waals surface area contributed by atoms with E-state index >= 15 is 0 Å². The Labute approximate surface area is 56.4 Å². The summed E-state index contributed by atoms with van der Waals surface area (Å²) in [4.78, 5) is 0. The van der Waals surface area contributed by atoms with Crippen LogP contribution in [0.25, 0.3) is 0 Å². The van der Waals surface area contributed by atoms with Crippen LogP contribution in [0.5, 0.6) is 0 Å². The summed E-state index contributed by atoms with van der Waals surface area (Å²) in [5, 5.41) is 9.57. The van der Waals surface area contributed by atoms with Gasteiger partial charge in [-0.15, -0.1) is 0 Å². The molecule has 0 fully saturated rings. The van der Waals surface area contributed by atoms with Gasteiger partial charge in [-0.1, -0.05) is 19.1 Å². The highest BCUT2D eigenvalue weighted by atomic mass is 16.3. The van der Waals surface area contributed by atoms with Crippen LogP contribution in [-0.2, 0) is 0 Å². The van der Waals surface area contributed by atoms with E-state index in [0.29, 0.717) is 5.92 Å². The number of hydrogen-bond donors (Lipinski definition) is 1. The Morgan fingerprint density at radius 2 is 2.44 bits per heavy atom. The third kappa shape index (κ3) is 1.16. The molecule has 0 spiro atoms. The Morgan fingerprint density at radius 1 is 1.78 bits per heavy atom. The zero-order valence-corrected chi connectivity index (χ0v) is 6.09. The van der Waals surface area contributed by atoms with Crippen molar-refractivity contribution in [1.29, 1.82) is 0 Å². The fourth-order valence-electron chi connectivity index (χ4n) is 1.43. The lowest BCUT2D eigenvalue weighted by atomic mass is 9.90. The fourth-order valence-corrected chi connectivity index (χ4v) is 1.43. The van der Waals surface area contributed by atoms with Gasteiger partial charge in [0.25, 0.3) is 0 Å². The van der Waals surface area contributed by atoms with Crippen molar-refractivity contribution in [2.75, 3.05) is 0 Å². The molecule has 1 heteroatoms. The zero-order valence-electron chi connectivity index (χ0n) is 6.09. The molecule has 0 radical (unpaired) electrons. The van der Waals surface area contributed by atoms with E-state index in [9.17, 15) is 5.11 Å². The van der Waals surface area contributed by atoms with Gasteiger partial charge >= 0.3 is 0 Å². The maximum atomic E-state index is 9.57. The van der Waals surface area contributed by atoms with E-state index in [1.54, 1.807) is 0 Å². The lowest BCUT2D eigenvalue weighted by Crippen LogP contribution is -2.27. The monoisotopic (exact) mass is 126 g/mol. The molecule has 0 saturated carbocycles. The van der Waals surface area contributed by atoms with Gasteiger partial charge in [-0.25, -0.2) is 0 Å². The Bertz CT molecular complexity index is 125. The molecule has 2 atom stereocenters. The van der Waals surface area contributed by atoms with Crippen LogP contribution >= 0.6 is 0 Å². The Balaban J connectivity index is 2.60. The van der Waals surface area contributed by atoms with Crippen molar-refractivity contribution >= 4 is 0 Å². The molecule has 1 aliphatic carbocycles. The molecule has 0 aromatic carbocycles. The van der Waals surface area contributed by atoms with Crippen LogP contribution < -0.4 is 0 Å². The van der Waals surface area contributed by atoms with E-state index in [2.05, 4.69) is 13.0 Å². The Hall–Kier alpha value is -0.300. The number of aliphatic hydroxyl groups is 1. The van der Waals surface area contributed by atoms with Gasteiger partial charge < -0.3 is 5.11 Å². The van der Waals surface area contributed by atoms with Crippen molar-refractivity contribution in [3.05, 3.63) is 12.2 Å². The molecule has 0 amide bonds. The van der Waals surface area contributed by atoms with Gasteiger partial charge in [-0.2, -0.15) is 0 Å². The van der Waals surface area contributed by atoms with Crippen LogP contribution in [0.1, 0.15) is 26.7 Å². The number of hydrogen-bond acceptors (Lipinski definition) is 1. The van der Waals surface area contributed by atoms with Crippen molar-refractivity contribution in [3.63, 3.8) is 0 Å². The molecule has 0 heterocycles. The Morgan fingerprint density at radius 3 is 2.67 bits per heavy atom. The van der Waals surface area contributed by atoms with Crippen molar-refractivity contribution < 1.29 is 5.11 Å². The smallest absolute Gasteiger partial charge is 0.0830 e. The minimum atomic E-state index is -0.519. The van der Waals surface area contributed by atoms with Crippen LogP contribution in [-0.4, -0.2) is 10.7 Å². The minimum Gasteiger partial charge on any atom is -0.386 e. The summed E-state index contributed by atoms with van der Waals surface area (Å²) < 4.78 is 0. The van der Waals surface area contributed by atoms with Crippen LogP contribution in [0.3, 0.4) is 0 Å². The summed E-state index contributed by atoms with van der Waals surface area (Å²) in [7, 11) is 0. The summed E-state index contributed by atoms with van der Waals surface area (Å²) in [6, 6.07) is 0. The van der Waals surface area contributed by atoms with Gasteiger partial charge in [0.15, 0.2) is 0 Å². The summed E-state index contributed by atoms with van der Waals surface area (Å²) >= 11 is 0. The van der Waals surface area contributed by atoms with Gasteiger partial charge in [0.05, 0.1) is 5.60 Å². The molecule has 1 N–H and O–H groups in total. The minimum absolute atomic E-state index is 0.456. The molecule has 0 aromatic rings. The van der Waals surface area contributed by atoms with Crippen LogP contribution in [0.2, 0.25) is 0 Å². The highest BCUT2D eigenvalue weighted by Gasteiger charge is 2.30. The van der Waals surface area contributed by atoms with Crippen molar-refractivity contribution in [2.45, 2.75) is 32.3 Å². The molecular weight excluding hydrogens is 112 g/mol. The molecule has 1 aliphatic rings. The normalized spacial score (nSPS) is 41.9. The quantitative estimate of drug-likeness (QED) is 0.530. The number of allylic oxidation sites excluding steroid dienone is 1. The van der Waals surface area contributed by atoms with E-state index in [1.165, 1.54) is 0 Å². The second-order valence-corrected chi connectivity index (χ2v) is 2.97. The van der Waals surface area contributed by atoms with Gasteiger partial charge in [-0.05, 0) is 25.7 Å². The molecule has 1 rings (SSSR count). The third-order valence-corrected chi connectivity index (χ3v) is 2.20. The second kappa shape index (κ2) is 2.14. The molecule has 9 heavy (non-hydrogen) atoms. The summed E-state index contributed by atoms with van der Waals surface area (Å²) in [5.41, 5.74) is -0.519. The van der Waals surface area contributed by atoms with Gasteiger partial charge in [-0.3, -0.25) is 0 Å². The summed E-state index contributed by atoms with van der Waals surface area (Å²) in [5.74, 6) is 0.456. The first-order chi connectivity index (χ1) is 4.17. The first-order valence-electron chi connectivity index (χ1n) is 3.57. The van der Waals surface area contributed by atoms with Crippen molar-refractivity contribution in [3.8, 4) is 0 Å². The molecule has 0 aromatic heterocycles. The predicted molar refractivity (Wildman–Crippen MR) is 38.2 cm³/mol. The van der Waals surface area contributed by atoms with Crippen LogP contribution in [0, 0.1) is 5.92 Å². The second-order valence-electron chi connectivity index (χ2n) is 2.97. The predicted octanol–water partition coefficient (Wildman–Crippen LogP) is 1.72. The van der Waals surface area contributed by atoms with E-state index in [0.717, 1.165) is 12.8 Å². The molecular formula is C8H14O. The fraction of sp³-hybridized carbons (Fsp3) is 0.750. The van der Waals surface area contributed by atoms with Gasteiger partial charge in [0, 0.05) is 0 Å². The zero-order chi connectivity index (χ0) is 6.91. The molecule has 0 aliphatic heterocycles. The molecule has 52 valence electrons. The van der Waals surface area contributed by atoms with Crippen LogP contribution in [0.15, 0.2) is 12.2 Å². The number of rotatable bonds is 1. The molecule has 1 unspecified atom stereocenters. The standard InChI is InChI=1S/C8H14O/c1-3-7-5-4-6-8(7,2)9/h4,6-7,9H,3,5H2,1-2H3/t7?,8-/m0/s1. The van der Waals surface area contributed by atoms with E-state index in [4.69, 9.17) is 0 Å². The summed E-state index contributed by atoms with van der Waals surface area (Å²) in [6.07, 6.45) is 6.08. The first kappa shape index (κ1) is 6.81. The lowest BCUT2D eigenvalue weighted by Gasteiger charge is -2.22. The van der Waals surface area contributed by atoms with Gasteiger partial charge in [0.1, 0.15) is 0 Å². The summed E-state index contributed by atoms with van der Waals surface area (Å²) in [6.45, 7) is 4.00. The van der Waals surface area contributed by atoms with Crippen molar-refractivity contribution in [1.82, 2.24) is 0 Å². The highest BCUT2D eigenvalue weighted by molar-refractivity contribution is 5.09. The first-order valence-corrected chi connectivity index (χ1v) is 3.57. The van der Waals surface area contributed by atoms with Crippen molar-refractivity contribution in [2.24, 2.45) is 5.92 Å². The topological polar surface area (TPSA) is 20.2 Å². The molecule has 0 saturated heterocycles. The largest absolute Gasteiger partial charge is 0.386 e. The maximum absolute atomic E-state index is 9.57. The lowest BCUT2D eigenvalue weighted by molar-refractivity contribution is 0.0561.